The Kier molecular flexibility index (Phi) is 11.6. The van der Waals surface area contributed by atoms with E-state index in [0.717, 1.165) is 39.3 Å². The van der Waals surface area contributed by atoms with Gasteiger partial charge in [0, 0.05) is 62.3 Å². The molecule has 0 aliphatic rings. The summed E-state index contributed by atoms with van der Waals surface area (Å²) in [7, 11) is 6.67. The van der Waals surface area contributed by atoms with Gasteiger partial charge in [-0.05, 0) is 92.1 Å². The van der Waals surface area contributed by atoms with Crippen LogP contribution in [-0.2, 0) is 22.6 Å². The standard InChI is InChI=1S/C43H45N7O6/c1-43(2,3)56-38(51)24-47-41(52)37-21-34-33(18-19-44-39(34)48-37)30-20-35(36-17-12-29(22-45-36)42(53)49(4)5)40(46-23-30)50(25-27-8-13-31(54-6)14-9-27)26-28-10-15-32(55-7)16-11-28/h8-23H,24-26H2,1-7H3,(H,44,48)(H,47,52). The molecule has 56 heavy (non-hydrogen) atoms. The number of aromatic amines is 1. The summed E-state index contributed by atoms with van der Waals surface area (Å²) in [5, 5.41) is 3.31. The van der Waals surface area contributed by atoms with Crippen LogP contribution in [0.15, 0.2) is 97.5 Å². The number of carbonyl (C=O) groups excluding carboxylic acids is 3. The molecule has 13 nitrogen and oxygen atoms in total. The maximum absolute atomic E-state index is 13.1. The normalized spacial score (nSPS) is 11.2. The number of aromatic nitrogens is 4. The van der Waals surface area contributed by atoms with E-state index >= 15 is 0 Å². The average molecular weight is 756 g/mol. The molecule has 0 bridgehead atoms. The fraction of sp³-hybridized carbons (Fsp3) is 0.256. The van der Waals surface area contributed by atoms with Gasteiger partial charge in [0.1, 0.15) is 40.8 Å². The van der Waals surface area contributed by atoms with Crippen LogP contribution in [0.5, 0.6) is 11.5 Å². The van der Waals surface area contributed by atoms with Gasteiger partial charge >= 0.3 is 5.97 Å². The van der Waals surface area contributed by atoms with E-state index in [0.29, 0.717) is 41.2 Å². The summed E-state index contributed by atoms with van der Waals surface area (Å²) in [6.45, 7) is 6.02. The number of amides is 2. The van der Waals surface area contributed by atoms with Crippen LogP contribution >= 0.6 is 0 Å². The minimum Gasteiger partial charge on any atom is -0.497 e. The molecule has 0 atom stereocenters. The maximum Gasteiger partial charge on any atom is 0.325 e. The summed E-state index contributed by atoms with van der Waals surface area (Å²) in [6.07, 6.45) is 5.02. The highest BCUT2D eigenvalue weighted by Gasteiger charge is 2.22. The number of rotatable bonds is 13. The van der Waals surface area contributed by atoms with Crippen molar-refractivity contribution in [3.05, 3.63) is 120 Å². The quantitative estimate of drug-likeness (QED) is 0.122. The third kappa shape index (κ3) is 9.30. The second-order valence-electron chi connectivity index (χ2n) is 14.4. The Morgan fingerprint density at radius 2 is 1.41 bits per heavy atom. The molecular formula is C43H45N7O6. The molecule has 0 spiro atoms. The molecule has 13 heteroatoms. The minimum atomic E-state index is -0.673. The lowest BCUT2D eigenvalue weighted by atomic mass is 10.0. The average Bonchev–Trinajstić information content (AvgIpc) is 3.64. The zero-order valence-corrected chi connectivity index (χ0v) is 32.5. The number of hydrogen-bond acceptors (Lipinski definition) is 10. The first kappa shape index (κ1) is 38.9. The highest BCUT2D eigenvalue weighted by Crippen LogP contribution is 2.36. The zero-order valence-electron chi connectivity index (χ0n) is 32.5. The molecule has 0 saturated carbocycles. The lowest BCUT2D eigenvalue weighted by Crippen LogP contribution is -2.34. The topological polar surface area (TPSA) is 152 Å². The van der Waals surface area contributed by atoms with Crippen LogP contribution in [0, 0.1) is 0 Å². The summed E-state index contributed by atoms with van der Waals surface area (Å²) in [6, 6.07) is 25.0. The lowest BCUT2D eigenvalue weighted by molar-refractivity contribution is -0.153. The number of anilines is 1. The van der Waals surface area contributed by atoms with Gasteiger partial charge in [-0.15, -0.1) is 0 Å². The number of fused-ring (bicyclic) bond motifs is 1. The predicted octanol–water partition coefficient (Wildman–Crippen LogP) is 6.68. The van der Waals surface area contributed by atoms with Gasteiger partial charge < -0.3 is 34.3 Å². The van der Waals surface area contributed by atoms with Crippen molar-refractivity contribution in [2.45, 2.75) is 39.5 Å². The molecule has 0 unspecified atom stereocenters. The van der Waals surface area contributed by atoms with Gasteiger partial charge in [-0.25, -0.2) is 9.97 Å². The molecule has 0 aliphatic heterocycles. The van der Waals surface area contributed by atoms with Crippen molar-refractivity contribution in [2.75, 3.05) is 39.8 Å². The molecule has 288 valence electrons. The summed E-state index contributed by atoms with van der Waals surface area (Å²) in [4.78, 5) is 59.3. The third-order valence-electron chi connectivity index (χ3n) is 8.82. The van der Waals surface area contributed by atoms with Gasteiger partial charge in [-0.1, -0.05) is 24.3 Å². The van der Waals surface area contributed by atoms with Crippen molar-refractivity contribution in [3.63, 3.8) is 0 Å². The maximum atomic E-state index is 13.1. The highest BCUT2D eigenvalue weighted by atomic mass is 16.6. The van der Waals surface area contributed by atoms with E-state index in [1.807, 2.05) is 66.7 Å². The third-order valence-corrected chi connectivity index (χ3v) is 8.82. The highest BCUT2D eigenvalue weighted by molar-refractivity contribution is 6.02. The van der Waals surface area contributed by atoms with Crippen LogP contribution in [-0.4, -0.2) is 83.1 Å². The van der Waals surface area contributed by atoms with E-state index in [9.17, 15) is 14.4 Å². The van der Waals surface area contributed by atoms with Crippen molar-refractivity contribution >= 4 is 34.6 Å². The van der Waals surface area contributed by atoms with Crippen molar-refractivity contribution < 1.29 is 28.6 Å². The number of esters is 1. The van der Waals surface area contributed by atoms with Crippen molar-refractivity contribution in [2.24, 2.45) is 0 Å². The number of hydrogen-bond donors (Lipinski definition) is 2. The summed E-state index contributed by atoms with van der Waals surface area (Å²) in [5.41, 5.74) is 5.45. The fourth-order valence-corrected chi connectivity index (χ4v) is 6.12. The zero-order chi connectivity index (χ0) is 40.0. The molecule has 2 aromatic carbocycles. The number of benzene rings is 2. The number of carbonyl (C=O) groups is 3. The first-order valence-electron chi connectivity index (χ1n) is 18.0. The molecular weight excluding hydrogens is 711 g/mol. The lowest BCUT2D eigenvalue weighted by Gasteiger charge is -2.27. The van der Waals surface area contributed by atoms with Crippen LogP contribution in [0.1, 0.15) is 52.7 Å². The first-order chi connectivity index (χ1) is 26.8. The van der Waals surface area contributed by atoms with Gasteiger partial charge in [-0.2, -0.15) is 0 Å². The number of methoxy groups -OCH3 is 2. The Balaban J connectivity index is 1.43. The fourth-order valence-electron chi connectivity index (χ4n) is 6.12. The number of nitrogens with one attached hydrogen (secondary N) is 2. The smallest absolute Gasteiger partial charge is 0.325 e. The van der Waals surface area contributed by atoms with Crippen LogP contribution in [0.25, 0.3) is 33.4 Å². The molecule has 0 fully saturated rings. The second kappa shape index (κ2) is 16.7. The molecule has 6 aromatic rings. The van der Waals surface area contributed by atoms with Gasteiger partial charge in [-0.3, -0.25) is 19.4 Å². The van der Waals surface area contributed by atoms with Crippen molar-refractivity contribution in [1.82, 2.24) is 30.2 Å². The summed E-state index contributed by atoms with van der Waals surface area (Å²) in [5.74, 6) is 1.01. The van der Waals surface area contributed by atoms with Gasteiger partial charge in [0.05, 0.1) is 25.5 Å². The monoisotopic (exact) mass is 755 g/mol. The van der Waals surface area contributed by atoms with E-state index in [-0.39, 0.29) is 18.1 Å². The SMILES string of the molecule is COc1ccc(CN(Cc2ccc(OC)cc2)c2ncc(-c3ccnc4[nH]c(C(=O)NCC(=O)OC(C)(C)C)cc34)cc2-c2ccc(C(=O)N(C)C)cn2)cc1. The minimum absolute atomic E-state index is 0.158. The van der Waals surface area contributed by atoms with Crippen LogP contribution in [0.4, 0.5) is 5.82 Å². The Labute approximate surface area is 325 Å². The molecule has 4 aromatic heterocycles. The largest absolute Gasteiger partial charge is 0.497 e. The molecule has 6 rings (SSSR count). The van der Waals surface area contributed by atoms with Gasteiger partial charge in [0.2, 0.25) is 0 Å². The molecule has 0 aliphatic carbocycles. The van der Waals surface area contributed by atoms with E-state index in [4.69, 9.17) is 24.2 Å². The predicted molar refractivity (Wildman–Crippen MR) is 215 cm³/mol. The number of nitrogens with zero attached hydrogens (tertiary/aromatic N) is 5. The van der Waals surface area contributed by atoms with Crippen LogP contribution in [0.3, 0.4) is 0 Å². The molecule has 0 saturated heterocycles. The van der Waals surface area contributed by atoms with Crippen LogP contribution < -0.4 is 19.7 Å². The molecule has 2 N–H and O–H groups in total. The molecule has 0 radical (unpaired) electrons. The van der Waals surface area contributed by atoms with Crippen molar-refractivity contribution in [3.8, 4) is 33.9 Å². The number of H-pyrrole nitrogens is 1. The van der Waals surface area contributed by atoms with Crippen molar-refractivity contribution in [1.29, 1.82) is 0 Å². The summed E-state index contributed by atoms with van der Waals surface area (Å²) < 4.78 is 16.1. The second-order valence-corrected chi connectivity index (χ2v) is 14.4. The Bertz CT molecular complexity index is 2280. The Morgan fingerprint density at radius 3 is 1.96 bits per heavy atom. The number of ether oxygens (including phenoxy) is 3. The first-order valence-corrected chi connectivity index (χ1v) is 18.0. The van der Waals surface area contributed by atoms with E-state index < -0.39 is 17.5 Å². The van der Waals surface area contributed by atoms with E-state index in [1.165, 1.54) is 4.90 Å². The number of pyridine rings is 3. The van der Waals surface area contributed by atoms with Gasteiger partial charge in [0.25, 0.3) is 11.8 Å². The Hall–Kier alpha value is -6.76. The summed E-state index contributed by atoms with van der Waals surface area (Å²) >= 11 is 0. The van der Waals surface area contributed by atoms with Crippen LogP contribution in [0.2, 0.25) is 0 Å². The van der Waals surface area contributed by atoms with E-state index in [2.05, 4.69) is 20.2 Å². The molecule has 2 amide bonds. The van der Waals surface area contributed by atoms with E-state index in [1.54, 1.807) is 79.8 Å². The molecule has 4 heterocycles. The van der Waals surface area contributed by atoms with Gasteiger partial charge in [0.15, 0.2) is 0 Å². The Morgan fingerprint density at radius 1 is 0.768 bits per heavy atom.